The van der Waals surface area contributed by atoms with Crippen LogP contribution in [-0.4, -0.2) is 35.6 Å². The van der Waals surface area contributed by atoms with Crippen molar-refractivity contribution < 1.29 is 4.74 Å². The highest BCUT2D eigenvalue weighted by Crippen LogP contribution is 2.33. The van der Waals surface area contributed by atoms with Gasteiger partial charge in [-0.15, -0.1) is 11.3 Å². The second kappa shape index (κ2) is 6.10. The summed E-state index contributed by atoms with van der Waals surface area (Å²) in [6.45, 7) is 8.14. The van der Waals surface area contributed by atoms with Crippen molar-refractivity contribution in [3.8, 4) is 0 Å². The van der Waals surface area contributed by atoms with E-state index >= 15 is 0 Å². The third kappa shape index (κ3) is 2.91. The van der Waals surface area contributed by atoms with Crippen LogP contribution < -0.4 is 5.73 Å². The molecule has 112 valence electrons. The van der Waals surface area contributed by atoms with Crippen LogP contribution in [0.2, 0.25) is 0 Å². The summed E-state index contributed by atoms with van der Waals surface area (Å²) in [7, 11) is 0. The normalized spacial score (nSPS) is 27.2. The Morgan fingerprint density at radius 2 is 2.35 bits per heavy atom. The molecule has 0 aromatic carbocycles. The predicted octanol–water partition coefficient (Wildman–Crippen LogP) is 2.34. The molecular formula is C15H25N3OS. The Morgan fingerprint density at radius 1 is 1.50 bits per heavy atom. The van der Waals surface area contributed by atoms with Gasteiger partial charge in [-0.25, -0.2) is 4.98 Å². The van der Waals surface area contributed by atoms with Crippen molar-refractivity contribution in [3.63, 3.8) is 0 Å². The van der Waals surface area contributed by atoms with Crippen molar-refractivity contribution in [1.82, 2.24) is 9.88 Å². The molecule has 0 radical (unpaired) electrons. The van der Waals surface area contributed by atoms with E-state index in [9.17, 15) is 0 Å². The van der Waals surface area contributed by atoms with Crippen molar-refractivity contribution in [1.29, 1.82) is 0 Å². The highest BCUT2D eigenvalue weighted by Gasteiger charge is 2.34. The van der Waals surface area contributed by atoms with Crippen LogP contribution >= 0.6 is 11.3 Å². The Balaban J connectivity index is 1.74. The molecule has 0 bridgehead atoms. The number of fused-ring (bicyclic) bond motifs is 1. The highest BCUT2D eigenvalue weighted by atomic mass is 32.1. The maximum Gasteiger partial charge on any atom is 0.123 e. The van der Waals surface area contributed by atoms with Gasteiger partial charge in [-0.3, -0.25) is 4.90 Å². The predicted molar refractivity (Wildman–Crippen MR) is 81.8 cm³/mol. The Bertz CT molecular complexity index is 460. The van der Waals surface area contributed by atoms with Crippen LogP contribution in [0.15, 0.2) is 0 Å². The molecule has 2 atom stereocenters. The molecule has 1 aromatic heterocycles. The zero-order valence-corrected chi connectivity index (χ0v) is 13.3. The van der Waals surface area contributed by atoms with E-state index in [0.29, 0.717) is 18.5 Å². The lowest BCUT2D eigenvalue weighted by atomic mass is 10.1. The first-order valence-electron chi connectivity index (χ1n) is 7.71. The minimum absolute atomic E-state index is 0.153. The Morgan fingerprint density at radius 3 is 3.10 bits per heavy atom. The van der Waals surface area contributed by atoms with Gasteiger partial charge in [0, 0.05) is 24.0 Å². The molecule has 2 aliphatic heterocycles. The summed E-state index contributed by atoms with van der Waals surface area (Å²) in [5.41, 5.74) is 7.06. The van der Waals surface area contributed by atoms with Crippen molar-refractivity contribution in [2.75, 3.05) is 19.7 Å². The third-order valence-corrected chi connectivity index (χ3v) is 5.46. The zero-order chi connectivity index (χ0) is 14.1. The molecule has 0 spiro atoms. The van der Waals surface area contributed by atoms with E-state index in [1.165, 1.54) is 30.0 Å². The van der Waals surface area contributed by atoms with E-state index in [1.807, 2.05) is 0 Å². The first-order valence-corrected chi connectivity index (χ1v) is 8.53. The van der Waals surface area contributed by atoms with Crippen LogP contribution in [0.25, 0.3) is 0 Å². The Labute approximate surface area is 125 Å². The second-order valence-corrected chi connectivity index (χ2v) is 7.45. The number of hydrogen-bond donors (Lipinski definition) is 1. The molecule has 2 aliphatic rings. The Hall–Kier alpha value is -0.490. The number of aromatic nitrogens is 1. The summed E-state index contributed by atoms with van der Waals surface area (Å²) in [6.07, 6.45) is 3.77. The number of ether oxygens (including phenoxy) is 1. The van der Waals surface area contributed by atoms with Gasteiger partial charge in [-0.1, -0.05) is 13.8 Å². The fourth-order valence-corrected chi connectivity index (χ4v) is 4.23. The standard InChI is InChI=1S/C15H25N3OS/c1-10(2)6-12-14(7-16)20-15(17-12)13-8-18-5-3-4-11(18)9-19-13/h10-11,13H,3-9,16H2,1-2H3. The van der Waals surface area contributed by atoms with Crippen LogP contribution in [-0.2, 0) is 17.7 Å². The summed E-state index contributed by atoms with van der Waals surface area (Å²) in [6, 6.07) is 0.648. The summed E-state index contributed by atoms with van der Waals surface area (Å²) < 4.78 is 6.06. The van der Waals surface area contributed by atoms with Gasteiger partial charge < -0.3 is 10.5 Å². The van der Waals surface area contributed by atoms with Gasteiger partial charge in [-0.05, 0) is 31.7 Å². The molecule has 2 saturated heterocycles. The van der Waals surface area contributed by atoms with Gasteiger partial charge in [0.1, 0.15) is 11.1 Å². The quantitative estimate of drug-likeness (QED) is 0.926. The molecular weight excluding hydrogens is 270 g/mol. The van der Waals surface area contributed by atoms with E-state index in [1.54, 1.807) is 11.3 Å². The first-order chi connectivity index (χ1) is 9.67. The molecule has 0 aliphatic carbocycles. The van der Waals surface area contributed by atoms with Crippen LogP contribution in [0.5, 0.6) is 0 Å². The third-order valence-electron chi connectivity index (χ3n) is 4.25. The number of rotatable bonds is 4. The molecule has 4 nitrogen and oxygen atoms in total. The highest BCUT2D eigenvalue weighted by molar-refractivity contribution is 7.11. The number of nitrogens with zero attached hydrogens (tertiary/aromatic N) is 2. The molecule has 3 heterocycles. The fourth-order valence-electron chi connectivity index (χ4n) is 3.21. The van der Waals surface area contributed by atoms with Gasteiger partial charge in [0.15, 0.2) is 0 Å². The molecule has 2 N–H and O–H groups in total. The van der Waals surface area contributed by atoms with Crippen LogP contribution in [0.3, 0.4) is 0 Å². The number of hydrogen-bond acceptors (Lipinski definition) is 5. The average Bonchev–Trinajstić information content (AvgIpc) is 3.03. The minimum Gasteiger partial charge on any atom is -0.368 e. The lowest BCUT2D eigenvalue weighted by Gasteiger charge is -2.34. The molecule has 20 heavy (non-hydrogen) atoms. The van der Waals surface area contributed by atoms with E-state index < -0.39 is 0 Å². The maximum atomic E-state index is 6.06. The summed E-state index contributed by atoms with van der Waals surface area (Å²) in [5, 5.41) is 1.13. The fraction of sp³-hybridized carbons (Fsp3) is 0.800. The number of nitrogens with two attached hydrogens (primary N) is 1. The van der Waals surface area contributed by atoms with Crippen molar-refractivity contribution >= 4 is 11.3 Å². The Kier molecular flexibility index (Phi) is 4.40. The topological polar surface area (TPSA) is 51.4 Å². The van der Waals surface area contributed by atoms with Crippen LogP contribution in [0.4, 0.5) is 0 Å². The van der Waals surface area contributed by atoms with Crippen LogP contribution in [0.1, 0.15) is 48.4 Å². The van der Waals surface area contributed by atoms with Crippen LogP contribution in [0, 0.1) is 5.92 Å². The number of thiazole rings is 1. The lowest BCUT2D eigenvalue weighted by molar-refractivity contribution is -0.0502. The molecule has 0 saturated carbocycles. The summed E-state index contributed by atoms with van der Waals surface area (Å²) >= 11 is 1.75. The van der Waals surface area contributed by atoms with Gasteiger partial charge in [0.25, 0.3) is 0 Å². The largest absolute Gasteiger partial charge is 0.368 e. The van der Waals surface area contributed by atoms with E-state index in [2.05, 4.69) is 18.7 Å². The lowest BCUT2D eigenvalue weighted by Crippen LogP contribution is -2.42. The van der Waals surface area contributed by atoms with Gasteiger partial charge in [-0.2, -0.15) is 0 Å². The van der Waals surface area contributed by atoms with E-state index in [0.717, 1.165) is 24.6 Å². The zero-order valence-electron chi connectivity index (χ0n) is 12.5. The van der Waals surface area contributed by atoms with Crippen molar-refractivity contribution in [3.05, 3.63) is 15.6 Å². The molecule has 2 unspecified atom stereocenters. The smallest absolute Gasteiger partial charge is 0.123 e. The van der Waals surface area contributed by atoms with Gasteiger partial charge in [0.05, 0.1) is 12.3 Å². The molecule has 5 heteroatoms. The SMILES string of the molecule is CC(C)Cc1nc(C2CN3CCCC3CO2)sc1CN. The monoisotopic (exact) mass is 295 g/mol. The maximum absolute atomic E-state index is 6.06. The second-order valence-electron chi connectivity index (χ2n) is 6.34. The average molecular weight is 295 g/mol. The summed E-state index contributed by atoms with van der Waals surface area (Å²) in [5.74, 6) is 0.616. The molecule has 3 rings (SSSR count). The van der Waals surface area contributed by atoms with Crippen molar-refractivity contribution in [2.45, 2.75) is 51.8 Å². The molecule has 2 fully saturated rings. The molecule has 0 amide bonds. The first kappa shape index (κ1) is 14.4. The van der Waals surface area contributed by atoms with Crippen molar-refractivity contribution in [2.24, 2.45) is 11.7 Å². The van der Waals surface area contributed by atoms with Gasteiger partial charge >= 0.3 is 0 Å². The van der Waals surface area contributed by atoms with E-state index in [4.69, 9.17) is 15.5 Å². The summed E-state index contributed by atoms with van der Waals surface area (Å²) in [4.78, 5) is 8.65. The van der Waals surface area contributed by atoms with E-state index in [-0.39, 0.29) is 6.10 Å². The minimum atomic E-state index is 0.153. The number of morpholine rings is 1. The van der Waals surface area contributed by atoms with Gasteiger partial charge in [0.2, 0.25) is 0 Å². The molecule has 1 aromatic rings.